The molecule has 25 heavy (non-hydrogen) atoms. The van der Waals surface area contributed by atoms with Gasteiger partial charge in [-0.2, -0.15) is 0 Å². The van der Waals surface area contributed by atoms with Gasteiger partial charge in [0.15, 0.2) is 0 Å². The van der Waals surface area contributed by atoms with Crippen LogP contribution in [0, 0.1) is 12.3 Å². The van der Waals surface area contributed by atoms with E-state index in [9.17, 15) is 4.79 Å². The van der Waals surface area contributed by atoms with Crippen LogP contribution in [-0.4, -0.2) is 25.7 Å². The quantitative estimate of drug-likeness (QED) is 0.874. The van der Waals surface area contributed by atoms with Gasteiger partial charge in [0, 0.05) is 25.4 Å². The van der Waals surface area contributed by atoms with Crippen LogP contribution in [0.1, 0.15) is 18.4 Å². The van der Waals surface area contributed by atoms with Crippen LogP contribution in [0.15, 0.2) is 48.5 Å². The number of hydrogen-bond acceptors (Lipinski definition) is 4. The molecule has 132 valence electrons. The van der Waals surface area contributed by atoms with Gasteiger partial charge in [0.1, 0.15) is 11.5 Å². The molecule has 1 aliphatic heterocycles. The minimum atomic E-state index is -0.533. The first-order valence-electron chi connectivity index (χ1n) is 8.55. The van der Waals surface area contributed by atoms with Crippen molar-refractivity contribution < 1.29 is 14.3 Å². The monoisotopic (exact) mass is 340 g/mol. The number of hydrogen-bond donors (Lipinski definition) is 2. The van der Waals surface area contributed by atoms with Crippen LogP contribution in [0.2, 0.25) is 0 Å². The Kier molecular flexibility index (Phi) is 5.36. The molecule has 0 unspecified atom stereocenters. The van der Waals surface area contributed by atoms with Gasteiger partial charge < -0.3 is 20.5 Å². The van der Waals surface area contributed by atoms with E-state index in [1.807, 2.05) is 55.5 Å². The lowest BCUT2D eigenvalue weighted by molar-refractivity contribution is -0.130. The minimum Gasteiger partial charge on any atom is -0.457 e. The van der Waals surface area contributed by atoms with Crippen LogP contribution >= 0.6 is 0 Å². The molecular weight excluding hydrogens is 316 g/mol. The normalized spacial score (nSPS) is 16.2. The van der Waals surface area contributed by atoms with Gasteiger partial charge in [0.25, 0.3) is 0 Å². The molecule has 5 nitrogen and oxygen atoms in total. The van der Waals surface area contributed by atoms with Crippen LogP contribution in [0.3, 0.4) is 0 Å². The molecule has 2 aromatic rings. The summed E-state index contributed by atoms with van der Waals surface area (Å²) in [4.78, 5) is 12.7. The summed E-state index contributed by atoms with van der Waals surface area (Å²) in [6, 6.07) is 15.2. The van der Waals surface area contributed by atoms with Crippen LogP contribution in [0.4, 0.5) is 5.69 Å². The Morgan fingerprint density at radius 3 is 2.52 bits per heavy atom. The van der Waals surface area contributed by atoms with Crippen molar-refractivity contribution in [2.75, 3.05) is 25.1 Å². The second kappa shape index (κ2) is 7.68. The number of nitrogens with two attached hydrogens (primary N) is 1. The average Bonchev–Trinajstić information content (AvgIpc) is 2.64. The van der Waals surface area contributed by atoms with Crippen LogP contribution < -0.4 is 15.8 Å². The molecule has 0 saturated carbocycles. The summed E-state index contributed by atoms with van der Waals surface area (Å²) in [5.74, 6) is 1.48. The van der Waals surface area contributed by atoms with Crippen molar-refractivity contribution >= 4 is 11.6 Å². The fourth-order valence-electron chi connectivity index (χ4n) is 2.97. The first-order valence-corrected chi connectivity index (χ1v) is 8.55. The summed E-state index contributed by atoms with van der Waals surface area (Å²) in [6.45, 7) is 3.51. The highest BCUT2D eigenvalue weighted by Gasteiger charge is 2.38. The number of carbonyl (C=O) groups excluding carboxylic acids is 1. The van der Waals surface area contributed by atoms with Crippen molar-refractivity contribution in [2.45, 2.75) is 19.8 Å². The molecule has 1 fully saturated rings. The van der Waals surface area contributed by atoms with Gasteiger partial charge in [-0.25, -0.2) is 0 Å². The third kappa shape index (κ3) is 4.18. The van der Waals surface area contributed by atoms with Crippen molar-refractivity contribution in [3.63, 3.8) is 0 Å². The van der Waals surface area contributed by atoms with E-state index in [0.29, 0.717) is 32.6 Å². The highest BCUT2D eigenvalue weighted by atomic mass is 16.5. The van der Waals surface area contributed by atoms with E-state index < -0.39 is 5.41 Å². The fourth-order valence-corrected chi connectivity index (χ4v) is 2.97. The van der Waals surface area contributed by atoms with Gasteiger partial charge in [-0.15, -0.1) is 0 Å². The average molecular weight is 340 g/mol. The SMILES string of the molecule is Cc1cccc(Oc2ccc(NC(=O)C3(CN)CCOCC3)cc2)c1. The number of anilines is 1. The van der Waals surface area contributed by atoms with Crippen molar-refractivity contribution in [1.29, 1.82) is 0 Å². The molecule has 1 amide bonds. The lowest BCUT2D eigenvalue weighted by Crippen LogP contribution is -2.46. The van der Waals surface area contributed by atoms with E-state index in [2.05, 4.69) is 5.32 Å². The maximum Gasteiger partial charge on any atom is 0.232 e. The first kappa shape index (κ1) is 17.5. The molecule has 1 saturated heterocycles. The third-order valence-electron chi connectivity index (χ3n) is 4.66. The van der Waals surface area contributed by atoms with Crippen LogP contribution in [0.5, 0.6) is 11.5 Å². The van der Waals surface area contributed by atoms with Gasteiger partial charge in [0.05, 0.1) is 5.41 Å². The molecule has 3 rings (SSSR count). The highest BCUT2D eigenvalue weighted by molar-refractivity contribution is 5.95. The predicted octanol–water partition coefficient (Wildman–Crippen LogP) is 3.48. The summed E-state index contributed by atoms with van der Waals surface area (Å²) in [7, 11) is 0. The van der Waals surface area contributed by atoms with Gasteiger partial charge in [-0.1, -0.05) is 12.1 Å². The molecule has 0 aliphatic carbocycles. The number of rotatable bonds is 5. The van der Waals surface area contributed by atoms with Gasteiger partial charge in [-0.3, -0.25) is 4.79 Å². The number of carbonyl (C=O) groups is 1. The Morgan fingerprint density at radius 2 is 1.88 bits per heavy atom. The summed E-state index contributed by atoms with van der Waals surface area (Å²) in [5.41, 5.74) is 7.23. The van der Waals surface area contributed by atoms with E-state index in [1.54, 1.807) is 0 Å². The van der Waals surface area contributed by atoms with Gasteiger partial charge in [0.2, 0.25) is 5.91 Å². The molecule has 0 spiro atoms. The second-order valence-electron chi connectivity index (χ2n) is 6.49. The lowest BCUT2D eigenvalue weighted by Gasteiger charge is -2.34. The topological polar surface area (TPSA) is 73.6 Å². The zero-order valence-corrected chi connectivity index (χ0v) is 14.5. The number of amides is 1. The number of aryl methyl sites for hydroxylation is 1. The van der Waals surface area contributed by atoms with Crippen molar-refractivity contribution in [3.8, 4) is 11.5 Å². The van der Waals surface area contributed by atoms with Crippen LogP contribution in [-0.2, 0) is 9.53 Å². The Morgan fingerprint density at radius 1 is 1.16 bits per heavy atom. The Labute approximate surface area is 148 Å². The van der Waals surface area contributed by atoms with E-state index in [4.69, 9.17) is 15.2 Å². The summed E-state index contributed by atoms with van der Waals surface area (Å²) < 4.78 is 11.2. The highest BCUT2D eigenvalue weighted by Crippen LogP contribution is 2.31. The summed E-state index contributed by atoms with van der Waals surface area (Å²) in [6.07, 6.45) is 1.31. The Bertz CT molecular complexity index is 722. The second-order valence-corrected chi connectivity index (χ2v) is 6.49. The van der Waals surface area contributed by atoms with Crippen LogP contribution in [0.25, 0.3) is 0 Å². The molecule has 0 bridgehead atoms. The van der Waals surface area contributed by atoms with Gasteiger partial charge >= 0.3 is 0 Å². The Balaban J connectivity index is 1.65. The van der Waals surface area contributed by atoms with E-state index in [-0.39, 0.29) is 5.91 Å². The molecule has 0 radical (unpaired) electrons. The van der Waals surface area contributed by atoms with Crippen molar-refractivity contribution in [1.82, 2.24) is 0 Å². The van der Waals surface area contributed by atoms with E-state index in [0.717, 1.165) is 22.7 Å². The molecule has 1 aliphatic rings. The maximum absolute atomic E-state index is 12.7. The molecule has 1 heterocycles. The van der Waals surface area contributed by atoms with E-state index in [1.165, 1.54) is 0 Å². The maximum atomic E-state index is 12.7. The first-order chi connectivity index (χ1) is 12.1. The standard InChI is InChI=1S/C20H24N2O3/c1-15-3-2-4-18(13-15)25-17-7-5-16(6-8-17)22-19(23)20(14-21)9-11-24-12-10-20/h2-8,13H,9-12,14,21H2,1H3,(H,22,23). The lowest BCUT2D eigenvalue weighted by atomic mass is 9.79. The van der Waals surface area contributed by atoms with E-state index >= 15 is 0 Å². The Hall–Kier alpha value is -2.37. The molecule has 0 atom stereocenters. The predicted molar refractivity (Wildman–Crippen MR) is 97.9 cm³/mol. The smallest absolute Gasteiger partial charge is 0.232 e. The molecule has 5 heteroatoms. The summed E-state index contributed by atoms with van der Waals surface area (Å²) >= 11 is 0. The minimum absolute atomic E-state index is 0.0364. The zero-order valence-electron chi connectivity index (χ0n) is 14.5. The third-order valence-corrected chi connectivity index (χ3v) is 4.66. The molecule has 0 aromatic heterocycles. The summed E-state index contributed by atoms with van der Waals surface area (Å²) in [5, 5.41) is 2.97. The number of ether oxygens (including phenoxy) is 2. The van der Waals surface area contributed by atoms with Gasteiger partial charge in [-0.05, 0) is 61.7 Å². The fraction of sp³-hybridized carbons (Fsp3) is 0.350. The molecule has 3 N–H and O–H groups in total. The van der Waals surface area contributed by atoms with Crippen molar-refractivity contribution in [3.05, 3.63) is 54.1 Å². The van der Waals surface area contributed by atoms with Crippen molar-refractivity contribution in [2.24, 2.45) is 11.1 Å². The molecular formula is C20H24N2O3. The largest absolute Gasteiger partial charge is 0.457 e. The number of benzene rings is 2. The number of nitrogens with one attached hydrogen (secondary N) is 1. The zero-order chi connectivity index (χ0) is 17.7. The molecule has 2 aromatic carbocycles.